The van der Waals surface area contributed by atoms with Gasteiger partial charge in [0, 0.05) is 13.1 Å². The Morgan fingerprint density at radius 3 is 2.89 bits per heavy atom. The molecule has 1 N–H and O–H groups in total. The van der Waals surface area contributed by atoms with Gasteiger partial charge >= 0.3 is 5.69 Å². The second-order valence-electron chi connectivity index (χ2n) is 4.89. The zero-order valence-corrected chi connectivity index (χ0v) is 10.9. The van der Waals surface area contributed by atoms with Crippen LogP contribution in [0.3, 0.4) is 0 Å². The third-order valence-electron chi connectivity index (χ3n) is 3.16. The van der Waals surface area contributed by atoms with Crippen molar-refractivity contribution in [3.8, 4) is 0 Å². The Labute approximate surface area is 110 Å². The van der Waals surface area contributed by atoms with E-state index in [9.17, 15) is 15.2 Å². The van der Waals surface area contributed by atoms with Gasteiger partial charge in [-0.15, -0.1) is 0 Å². The number of nitro benzene ring substituents is 1. The van der Waals surface area contributed by atoms with Crippen molar-refractivity contribution >= 4 is 23.0 Å². The predicted molar refractivity (Wildman–Crippen MR) is 70.2 cm³/mol. The number of benzene rings is 1. The van der Waals surface area contributed by atoms with Crippen LogP contribution in [0.5, 0.6) is 0 Å². The largest absolute Gasteiger partial charge is 0.388 e. The summed E-state index contributed by atoms with van der Waals surface area (Å²) in [4.78, 5) is 12.4. The molecule has 1 aliphatic heterocycles. The van der Waals surface area contributed by atoms with Crippen molar-refractivity contribution in [2.24, 2.45) is 0 Å². The molecule has 0 saturated carbocycles. The lowest BCUT2D eigenvalue weighted by Crippen LogP contribution is -2.46. The summed E-state index contributed by atoms with van der Waals surface area (Å²) >= 11 is 5.88. The normalized spacial score (nSPS) is 24.1. The highest BCUT2D eigenvalue weighted by Crippen LogP contribution is 2.37. The Hall–Kier alpha value is -1.33. The first-order valence-corrected chi connectivity index (χ1v) is 6.19. The summed E-state index contributed by atoms with van der Waals surface area (Å²) < 4.78 is 0. The molecule has 1 atom stereocenters. The number of rotatable bonds is 2. The van der Waals surface area contributed by atoms with Gasteiger partial charge in [-0.3, -0.25) is 10.1 Å². The van der Waals surface area contributed by atoms with Crippen molar-refractivity contribution in [3.63, 3.8) is 0 Å². The molecule has 2 rings (SSSR count). The molecule has 1 heterocycles. The number of nitro groups is 1. The fourth-order valence-corrected chi connectivity index (χ4v) is 2.60. The lowest BCUT2D eigenvalue weighted by Gasteiger charge is -2.37. The summed E-state index contributed by atoms with van der Waals surface area (Å²) in [5.74, 6) is 0. The molecule has 1 unspecified atom stereocenters. The number of β-amino-alcohol motifs (C(OH)–C–C–N with tert-alkyl or cyclic N) is 1. The van der Waals surface area contributed by atoms with Crippen LogP contribution < -0.4 is 4.90 Å². The molecule has 0 bridgehead atoms. The summed E-state index contributed by atoms with van der Waals surface area (Å²) in [6.45, 7) is 2.82. The summed E-state index contributed by atoms with van der Waals surface area (Å²) in [6, 6.07) is 4.87. The standard InChI is InChI=1S/C12H15ClN2O3/c1-12(16)6-3-7-14(8-12)10-5-2-4-9(13)11(10)15(17)18/h2,4-5,16H,3,6-8H2,1H3. The van der Waals surface area contributed by atoms with Crippen molar-refractivity contribution in [3.05, 3.63) is 33.3 Å². The molecule has 1 aromatic rings. The third kappa shape index (κ3) is 2.57. The molecule has 5 nitrogen and oxygen atoms in total. The molecule has 0 spiro atoms. The van der Waals surface area contributed by atoms with Gasteiger partial charge in [-0.05, 0) is 31.9 Å². The minimum absolute atomic E-state index is 0.0862. The van der Waals surface area contributed by atoms with E-state index in [-0.39, 0.29) is 10.7 Å². The Bertz CT molecular complexity index is 476. The van der Waals surface area contributed by atoms with Crippen LogP contribution >= 0.6 is 11.6 Å². The maximum absolute atomic E-state index is 11.1. The summed E-state index contributed by atoms with van der Waals surface area (Å²) in [5, 5.41) is 21.3. The quantitative estimate of drug-likeness (QED) is 0.663. The first kappa shape index (κ1) is 13.1. The number of para-hydroxylation sites is 1. The van der Waals surface area contributed by atoms with E-state index in [4.69, 9.17) is 11.6 Å². The summed E-state index contributed by atoms with van der Waals surface area (Å²) in [6.07, 6.45) is 1.51. The third-order valence-corrected chi connectivity index (χ3v) is 3.47. The van der Waals surface area contributed by atoms with Gasteiger partial charge in [0.05, 0.1) is 10.5 Å². The fourth-order valence-electron chi connectivity index (χ4n) is 2.37. The molecule has 6 heteroatoms. The minimum atomic E-state index is -0.811. The average molecular weight is 271 g/mol. The molecule has 18 heavy (non-hydrogen) atoms. The van der Waals surface area contributed by atoms with Crippen molar-refractivity contribution < 1.29 is 10.0 Å². The lowest BCUT2D eigenvalue weighted by molar-refractivity contribution is -0.384. The smallest absolute Gasteiger partial charge is 0.310 e. The molecule has 0 aromatic heterocycles. The molecule has 0 amide bonds. The molecule has 0 radical (unpaired) electrons. The number of halogens is 1. The van der Waals surface area contributed by atoms with Gasteiger partial charge < -0.3 is 10.0 Å². The minimum Gasteiger partial charge on any atom is -0.388 e. The van der Waals surface area contributed by atoms with Gasteiger partial charge in [-0.25, -0.2) is 0 Å². The van der Waals surface area contributed by atoms with Crippen molar-refractivity contribution in [2.75, 3.05) is 18.0 Å². The number of anilines is 1. The van der Waals surface area contributed by atoms with Gasteiger partial charge in [0.1, 0.15) is 10.7 Å². The van der Waals surface area contributed by atoms with Crippen LogP contribution in [0.25, 0.3) is 0 Å². The van der Waals surface area contributed by atoms with E-state index >= 15 is 0 Å². The Morgan fingerprint density at radius 1 is 1.56 bits per heavy atom. The number of piperidine rings is 1. The number of nitrogens with zero attached hydrogens (tertiary/aromatic N) is 2. The summed E-state index contributed by atoms with van der Waals surface area (Å²) in [5.41, 5.74) is -0.418. The number of hydrogen-bond acceptors (Lipinski definition) is 4. The summed E-state index contributed by atoms with van der Waals surface area (Å²) in [7, 11) is 0. The Balaban J connectivity index is 2.39. The van der Waals surface area contributed by atoms with Gasteiger partial charge in [0.15, 0.2) is 0 Å². The van der Waals surface area contributed by atoms with Gasteiger partial charge in [0.25, 0.3) is 0 Å². The van der Waals surface area contributed by atoms with Crippen molar-refractivity contribution in [2.45, 2.75) is 25.4 Å². The highest BCUT2D eigenvalue weighted by atomic mass is 35.5. The van der Waals surface area contributed by atoms with Crippen LogP contribution in [0.1, 0.15) is 19.8 Å². The van der Waals surface area contributed by atoms with E-state index in [1.165, 1.54) is 6.07 Å². The van der Waals surface area contributed by atoms with Crippen molar-refractivity contribution in [1.29, 1.82) is 0 Å². The van der Waals surface area contributed by atoms with Crippen molar-refractivity contribution in [1.82, 2.24) is 0 Å². The first-order chi connectivity index (χ1) is 8.41. The fraction of sp³-hybridized carbons (Fsp3) is 0.500. The van der Waals surface area contributed by atoms with Crippen LogP contribution in [0.15, 0.2) is 18.2 Å². The zero-order chi connectivity index (χ0) is 13.3. The predicted octanol–water partition coefficient (Wildman–Crippen LogP) is 2.60. The maximum Gasteiger partial charge on any atom is 0.310 e. The average Bonchev–Trinajstić information content (AvgIpc) is 2.26. The van der Waals surface area contributed by atoms with E-state index in [0.29, 0.717) is 25.2 Å². The van der Waals surface area contributed by atoms with Crippen LogP contribution in [0.4, 0.5) is 11.4 Å². The van der Waals surface area contributed by atoms with Crippen LogP contribution in [0, 0.1) is 10.1 Å². The molecule has 1 saturated heterocycles. The second-order valence-corrected chi connectivity index (χ2v) is 5.29. The lowest BCUT2D eigenvalue weighted by atomic mass is 9.94. The van der Waals surface area contributed by atoms with E-state index in [1.807, 2.05) is 4.90 Å². The second kappa shape index (κ2) is 4.74. The Kier molecular flexibility index (Phi) is 3.45. The highest BCUT2D eigenvalue weighted by Gasteiger charge is 2.32. The topological polar surface area (TPSA) is 66.6 Å². The SMILES string of the molecule is CC1(O)CCCN(c2cccc(Cl)c2[N+](=O)[O-])C1. The molecular weight excluding hydrogens is 256 g/mol. The Morgan fingerprint density at radius 2 is 2.28 bits per heavy atom. The molecule has 1 fully saturated rings. The van der Waals surface area contributed by atoms with Gasteiger partial charge in [0.2, 0.25) is 0 Å². The zero-order valence-electron chi connectivity index (χ0n) is 10.1. The maximum atomic E-state index is 11.1. The molecule has 1 aromatic carbocycles. The van der Waals surface area contributed by atoms with E-state index in [0.717, 1.165) is 6.42 Å². The van der Waals surface area contributed by atoms with E-state index in [2.05, 4.69) is 0 Å². The monoisotopic (exact) mass is 270 g/mol. The molecular formula is C12H15ClN2O3. The van der Waals surface area contributed by atoms with Crippen LogP contribution in [-0.4, -0.2) is 28.7 Å². The van der Waals surface area contributed by atoms with E-state index in [1.54, 1.807) is 19.1 Å². The van der Waals surface area contributed by atoms with Gasteiger partial charge in [-0.1, -0.05) is 17.7 Å². The first-order valence-electron chi connectivity index (χ1n) is 5.81. The molecule has 0 aliphatic carbocycles. The molecule has 98 valence electrons. The molecule has 1 aliphatic rings. The van der Waals surface area contributed by atoms with E-state index < -0.39 is 10.5 Å². The van der Waals surface area contributed by atoms with Crippen LogP contribution in [-0.2, 0) is 0 Å². The van der Waals surface area contributed by atoms with Crippen LogP contribution in [0.2, 0.25) is 5.02 Å². The van der Waals surface area contributed by atoms with Gasteiger partial charge in [-0.2, -0.15) is 0 Å². The highest BCUT2D eigenvalue weighted by molar-refractivity contribution is 6.33. The number of aliphatic hydroxyl groups is 1. The number of hydrogen-bond donors (Lipinski definition) is 1.